The number of quaternary nitrogens is 1. The lowest BCUT2D eigenvalue weighted by Crippen LogP contribution is -2.69. The minimum atomic E-state index is -1.09. The van der Waals surface area contributed by atoms with Crippen molar-refractivity contribution in [3.63, 3.8) is 0 Å². The maximum atomic E-state index is 13.7. The van der Waals surface area contributed by atoms with Gasteiger partial charge in [-0.3, -0.25) is 0 Å². The number of amides is 1. The minimum Gasteiger partial charge on any atom is -0.477 e. The Balaban J connectivity index is 2.36. The molecule has 7 N–H and O–H groups in total. The van der Waals surface area contributed by atoms with E-state index in [4.69, 9.17) is 21.9 Å². The summed E-state index contributed by atoms with van der Waals surface area (Å²) in [5, 5.41) is 10.0. The molecule has 2 unspecified atom stereocenters. The van der Waals surface area contributed by atoms with Crippen molar-refractivity contribution in [2.75, 3.05) is 19.6 Å². The van der Waals surface area contributed by atoms with Crippen molar-refractivity contribution in [1.29, 1.82) is 0 Å². The van der Waals surface area contributed by atoms with Gasteiger partial charge < -0.3 is 27.0 Å². The van der Waals surface area contributed by atoms with Gasteiger partial charge in [0.25, 0.3) is 0 Å². The number of ether oxygens (including phenoxy) is 1. The number of benzene rings is 1. The Morgan fingerprint density at radius 2 is 1.67 bits per heavy atom. The Morgan fingerprint density at radius 1 is 1.03 bits per heavy atom. The third kappa shape index (κ3) is 6.83. The van der Waals surface area contributed by atoms with E-state index >= 15 is 0 Å². The van der Waals surface area contributed by atoms with Crippen LogP contribution in [0.15, 0.2) is 30.3 Å². The third-order valence-electron chi connectivity index (χ3n) is 6.53. The second kappa shape index (κ2) is 13.4. The van der Waals surface area contributed by atoms with Gasteiger partial charge in [0.1, 0.15) is 12.6 Å². The van der Waals surface area contributed by atoms with E-state index in [9.17, 15) is 19.5 Å². The summed E-state index contributed by atoms with van der Waals surface area (Å²) in [4.78, 5) is 39.4. The number of hydrogen-bond donors (Lipinski definition) is 4. The molecule has 33 heavy (non-hydrogen) atoms. The number of esters is 1. The highest BCUT2D eigenvalue weighted by Crippen LogP contribution is 2.35. The molecule has 1 amide bonds. The lowest BCUT2D eigenvalue weighted by atomic mass is 9.98. The van der Waals surface area contributed by atoms with Crippen LogP contribution in [-0.4, -0.2) is 65.2 Å². The summed E-state index contributed by atoms with van der Waals surface area (Å²) in [5.74, 6) is -2.05. The molecule has 4 atom stereocenters. The number of nitrogens with zero attached hydrogens (tertiary/aromatic N) is 1. The average molecular weight is 464 g/mol. The number of carbonyl (C=O) groups is 3. The number of rotatable bonds is 14. The summed E-state index contributed by atoms with van der Waals surface area (Å²) in [5.41, 5.74) is 18.3. The first-order chi connectivity index (χ1) is 15.9. The lowest BCUT2D eigenvalue weighted by molar-refractivity contribution is -0.876. The van der Waals surface area contributed by atoms with E-state index in [-0.39, 0.29) is 13.2 Å². The van der Waals surface area contributed by atoms with Crippen LogP contribution >= 0.6 is 0 Å². The van der Waals surface area contributed by atoms with Crippen LogP contribution in [0.5, 0.6) is 0 Å². The molecule has 2 rings (SSSR count). The third-order valence-corrected chi connectivity index (χ3v) is 6.53. The second-order valence-corrected chi connectivity index (χ2v) is 8.77. The van der Waals surface area contributed by atoms with Gasteiger partial charge >= 0.3 is 17.8 Å². The van der Waals surface area contributed by atoms with Crippen molar-refractivity contribution in [3.8, 4) is 0 Å². The number of carboxylic acid groups (broad SMARTS) is 1. The summed E-state index contributed by atoms with van der Waals surface area (Å²) in [6.07, 6.45) is 4.20. The number of unbranched alkanes of at least 4 members (excludes halogenated alkanes) is 2. The van der Waals surface area contributed by atoms with E-state index in [0.717, 1.165) is 12.0 Å². The first-order valence-electron chi connectivity index (χ1n) is 11.9. The van der Waals surface area contributed by atoms with E-state index in [2.05, 4.69) is 0 Å². The normalized spacial score (nSPS) is 22.0. The highest BCUT2D eigenvalue weighted by Gasteiger charge is 2.60. The first-order valence-corrected chi connectivity index (χ1v) is 11.9. The fraction of sp³-hybridized carbons (Fsp3) is 0.625. The van der Waals surface area contributed by atoms with Crippen LogP contribution in [0.3, 0.4) is 0 Å². The summed E-state index contributed by atoms with van der Waals surface area (Å²) in [7, 11) is 0. The molecule has 1 fully saturated rings. The van der Waals surface area contributed by atoms with Gasteiger partial charge in [0.15, 0.2) is 12.1 Å². The standard InChI is InChI=1S/C24H38N4O5/c25-14-6-4-11-19(27)22(29)28(16-8-13-20(28)23(30)31)21(12-5-7-15-26)24(32)33-17-18-9-2-1-3-10-18/h1-3,9-10,19-21H,4-8,11-17,25-27H2/p+1/t19-,20-,21?,28?/m0/s1. The van der Waals surface area contributed by atoms with Crippen molar-refractivity contribution in [3.05, 3.63) is 35.9 Å². The van der Waals surface area contributed by atoms with Crippen molar-refractivity contribution >= 4 is 17.8 Å². The number of carbonyl (C=O) groups excluding carboxylic acids is 2. The van der Waals surface area contributed by atoms with Gasteiger partial charge in [-0.2, -0.15) is 0 Å². The molecular formula is C24H39N4O5+. The fourth-order valence-corrected chi connectivity index (χ4v) is 4.83. The zero-order chi connectivity index (χ0) is 24.3. The zero-order valence-electron chi connectivity index (χ0n) is 19.4. The van der Waals surface area contributed by atoms with Crippen molar-refractivity contribution < 1.29 is 28.7 Å². The second-order valence-electron chi connectivity index (χ2n) is 8.77. The van der Waals surface area contributed by atoms with Crippen molar-refractivity contribution in [2.24, 2.45) is 17.2 Å². The summed E-state index contributed by atoms with van der Waals surface area (Å²) >= 11 is 0. The Labute approximate surface area is 195 Å². The number of nitrogens with two attached hydrogens (primary N) is 3. The molecule has 184 valence electrons. The van der Waals surface area contributed by atoms with Gasteiger partial charge in [0, 0.05) is 19.3 Å². The highest BCUT2D eigenvalue weighted by atomic mass is 16.5. The monoisotopic (exact) mass is 463 g/mol. The quantitative estimate of drug-likeness (QED) is 0.182. The molecule has 0 spiro atoms. The van der Waals surface area contributed by atoms with Crippen molar-refractivity contribution in [1.82, 2.24) is 0 Å². The Morgan fingerprint density at radius 3 is 2.27 bits per heavy atom. The molecule has 1 saturated heterocycles. The largest absolute Gasteiger partial charge is 0.477 e. The Kier molecular flexibility index (Phi) is 10.9. The molecule has 0 aliphatic carbocycles. The van der Waals surface area contributed by atoms with Crippen LogP contribution in [0.1, 0.15) is 56.9 Å². The number of hydrogen-bond acceptors (Lipinski definition) is 7. The van der Waals surface area contributed by atoms with Crippen LogP contribution in [0.2, 0.25) is 0 Å². The molecule has 1 aromatic rings. The van der Waals surface area contributed by atoms with E-state index in [1.165, 1.54) is 0 Å². The molecule has 0 bridgehead atoms. The maximum Gasteiger partial charge on any atom is 0.365 e. The highest BCUT2D eigenvalue weighted by molar-refractivity contribution is 5.85. The lowest BCUT2D eigenvalue weighted by Gasteiger charge is -2.42. The average Bonchev–Trinajstić information content (AvgIpc) is 3.26. The SMILES string of the molecule is NCCCCC(C(=O)OCc1ccccc1)[N+]1(C(=O)[C@@H](N)CCCCN)CCC[C@H]1C(=O)O. The van der Waals surface area contributed by atoms with E-state index in [0.29, 0.717) is 58.0 Å². The summed E-state index contributed by atoms with van der Waals surface area (Å²) in [6.45, 7) is 1.25. The molecule has 0 saturated carbocycles. The van der Waals surface area contributed by atoms with Crippen LogP contribution in [0.25, 0.3) is 0 Å². The fourth-order valence-electron chi connectivity index (χ4n) is 4.83. The molecule has 1 heterocycles. The van der Waals surface area contributed by atoms with Crippen LogP contribution < -0.4 is 17.2 Å². The molecule has 1 aliphatic heterocycles. The summed E-state index contributed by atoms with van der Waals surface area (Å²) in [6, 6.07) is 6.43. The van der Waals surface area contributed by atoms with Gasteiger partial charge in [0.2, 0.25) is 0 Å². The van der Waals surface area contributed by atoms with Gasteiger partial charge in [-0.1, -0.05) is 30.3 Å². The number of carboxylic acids is 1. The van der Waals surface area contributed by atoms with Gasteiger partial charge in [-0.15, -0.1) is 0 Å². The first kappa shape index (κ1) is 26.9. The van der Waals surface area contributed by atoms with Crippen LogP contribution in [0, 0.1) is 0 Å². The van der Waals surface area contributed by atoms with Gasteiger partial charge in [-0.25, -0.2) is 18.9 Å². The number of aliphatic carboxylic acids is 1. The van der Waals surface area contributed by atoms with Crippen LogP contribution in [0.4, 0.5) is 0 Å². The predicted molar refractivity (Wildman–Crippen MR) is 125 cm³/mol. The molecule has 1 aliphatic rings. The van der Waals surface area contributed by atoms with E-state index in [1.54, 1.807) is 0 Å². The smallest absolute Gasteiger partial charge is 0.365 e. The van der Waals surface area contributed by atoms with Gasteiger partial charge in [-0.05, 0) is 50.8 Å². The van der Waals surface area contributed by atoms with Gasteiger partial charge in [0.05, 0.1) is 6.54 Å². The molecule has 1 aromatic carbocycles. The maximum absolute atomic E-state index is 13.7. The Hall–Kier alpha value is -2.33. The molecule has 0 aromatic heterocycles. The molecule has 9 nitrogen and oxygen atoms in total. The van der Waals surface area contributed by atoms with E-state index in [1.807, 2.05) is 30.3 Å². The predicted octanol–water partition coefficient (Wildman–Crippen LogP) is 1.27. The topological polar surface area (TPSA) is 159 Å². The molecule has 9 heteroatoms. The zero-order valence-corrected chi connectivity index (χ0v) is 19.4. The summed E-state index contributed by atoms with van der Waals surface area (Å²) < 4.78 is 5.15. The van der Waals surface area contributed by atoms with Crippen LogP contribution in [-0.2, 0) is 25.7 Å². The minimum absolute atomic E-state index is 0.0571. The Bertz CT molecular complexity index is 775. The molecule has 0 radical (unpaired) electrons. The number of likely N-dealkylation sites (tertiary alicyclic amines) is 1. The van der Waals surface area contributed by atoms with E-state index < -0.39 is 40.5 Å². The van der Waals surface area contributed by atoms with Crippen molar-refractivity contribution in [2.45, 2.75) is 76.1 Å². The molecular weight excluding hydrogens is 424 g/mol.